The summed E-state index contributed by atoms with van der Waals surface area (Å²) in [6.07, 6.45) is 3.58. The number of carbonyl (C=O) groups is 1. The van der Waals surface area contributed by atoms with Crippen LogP contribution in [-0.4, -0.2) is 16.5 Å². The number of hydrogen-bond donors (Lipinski definition) is 1. The molecule has 0 amide bonds. The van der Waals surface area contributed by atoms with Crippen LogP contribution >= 0.6 is 11.3 Å². The van der Waals surface area contributed by atoms with Gasteiger partial charge in [0, 0.05) is 6.42 Å². The Morgan fingerprint density at radius 3 is 2.81 bits per heavy atom. The molecule has 16 heavy (non-hydrogen) atoms. The molecule has 1 fully saturated rings. The van der Waals surface area contributed by atoms with Crippen molar-refractivity contribution in [1.82, 2.24) is 0 Å². The number of thiophene rings is 1. The smallest absolute Gasteiger partial charge is 0.168 e. The van der Waals surface area contributed by atoms with Crippen molar-refractivity contribution in [2.24, 2.45) is 5.92 Å². The Kier molecular flexibility index (Phi) is 3.45. The van der Waals surface area contributed by atoms with Gasteiger partial charge in [0.15, 0.2) is 5.78 Å². The molecule has 0 aromatic carbocycles. The van der Waals surface area contributed by atoms with E-state index in [1.807, 2.05) is 16.8 Å². The maximum Gasteiger partial charge on any atom is 0.168 e. The molecule has 1 N–H and O–H groups in total. The van der Waals surface area contributed by atoms with Gasteiger partial charge in [-0.1, -0.05) is 6.92 Å². The molecule has 1 aromatic heterocycles. The molecule has 1 aliphatic carbocycles. The molecule has 0 radical (unpaired) electrons. The van der Waals surface area contributed by atoms with Gasteiger partial charge < -0.3 is 5.11 Å². The van der Waals surface area contributed by atoms with E-state index in [1.54, 1.807) is 11.3 Å². The summed E-state index contributed by atoms with van der Waals surface area (Å²) in [6, 6.07) is 1.96. The number of carbonyl (C=O) groups excluding carboxylic acids is 1. The van der Waals surface area contributed by atoms with Gasteiger partial charge >= 0.3 is 0 Å². The van der Waals surface area contributed by atoms with Gasteiger partial charge in [-0.25, -0.2) is 0 Å². The molecule has 1 aliphatic rings. The van der Waals surface area contributed by atoms with Crippen molar-refractivity contribution >= 4 is 17.1 Å². The number of Topliss-reactive ketones (excluding diaryl/α,β-unsaturated/α-hetero) is 1. The molecular weight excluding hydrogens is 220 g/mol. The van der Waals surface area contributed by atoms with Crippen LogP contribution in [0.1, 0.15) is 38.2 Å². The van der Waals surface area contributed by atoms with E-state index in [9.17, 15) is 9.90 Å². The topological polar surface area (TPSA) is 37.3 Å². The highest BCUT2D eigenvalue weighted by Gasteiger charge is 2.38. The number of hydrogen-bond acceptors (Lipinski definition) is 3. The van der Waals surface area contributed by atoms with E-state index in [1.165, 1.54) is 0 Å². The fourth-order valence-corrected chi connectivity index (χ4v) is 2.93. The maximum absolute atomic E-state index is 12.0. The highest BCUT2D eigenvalue weighted by molar-refractivity contribution is 7.08. The van der Waals surface area contributed by atoms with Crippen LogP contribution in [0, 0.1) is 5.92 Å². The summed E-state index contributed by atoms with van der Waals surface area (Å²) in [5, 5.41) is 14.3. The van der Waals surface area contributed by atoms with Crippen LogP contribution in [-0.2, 0) is 11.2 Å². The molecule has 2 rings (SSSR count). The number of rotatable bonds is 3. The first-order valence-corrected chi connectivity index (χ1v) is 6.81. The van der Waals surface area contributed by atoms with Crippen molar-refractivity contribution in [2.45, 2.75) is 44.6 Å². The molecule has 3 heteroatoms. The molecule has 88 valence electrons. The summed E-state index contributed by atoms with van der Waals surface area (Å²) in [5.41, 5.74) is -0.0175. The lowest BCUT2D eigenvalue weighted by Crippen LogP contribution is -2.42. The van der Waals surface area contributed by atoms with Crippen molar-refractivity contribution < 1.29 is 9.90 Å². The molecule has 1 aromatic rings. The SMILES string of the molecule is CC1CCC(O)(C(=O)Cc2ccsc2)CC1. The fourth-order valence-electron chi connectivity index (χ4n) is 2.26. The van der Waals surface area contributed by atoms with Crippen molar-refractivity contribution in [3.05, 3.63) is 22.4 Å². The molecule has 1 saturated carbocycles. The van der Waals surface area contributed by atoms with Crippen LogP contribution in [0.5, 0.6) is 0 Å². The molecule has 0 aliphatic heterocycles. The standard InChI is InChI=1S/C13H18O2S/c1-10-2-5-13(15,6-3-10)12(14)8-11-4-7-16-9-11/h4,7,9-10,15H,2-3,5-6,8H2,1H3. The molecule has 0 atom stereocenters. The minimum Gasteiger partial charge on any atom is -0.382 e. The Hall–Kier alpha value is -0.670. The molecule has 0 saturated heterocycles. The molecule has 0 unspecified atom stereocenters. The van der Waals surface area contributed by atoms with Gasteiger partial charge in [0.05, 0.1) is 0 Å². The predicted octanol–water partition coefficient (Wildman–Crippen LogP) is 2.80. The largest absolute Gasteiger partial charge is 0.382 e. The fraction of sp³-hybridized carbons (Fsp3) is 0.615. The Morgan fingerprint density at radius 2 is 2.25 bits per heavy atom. The van der Waals surface area contributed by atoms with Crippen LogP contribution in [0.15, 0.2) is 16.8 Å². The third-order valence-corrected chi connectivity index (χ3v) is 4.30. The number of ketones is 1. The Balaban J connectivity index is 1.98. The summed E-state index contributed by atoms with van der Waals surface area (Å²) >= 11 is 1.59. The van der Waals surface area contributed by atoms with Crippen LogP contribution in [0.3, 0.4) is 0 Å². The first kappa shape index (κ1) is 11.8. The lowest BCUT2D eigenvalue weighted by Gasteiger charge is -2.33. The minimum absolute atomic E-state index is 0.00204. The third-order valence-electron chi connectivity index (χ3n) is 3.57. The molecule has 2 nitrogen and oxygen atoms in total. The number of aliphatic hydroxyl groups is 1. The van der Waals surface area contributed by atoms with E-state index < -0.39 is 5.60 Å². The van der Waals surface area contributed by atoms with Gasteiger partial charge in [-0.3, -0.25) is 4.79 Å². The van der Waals surface area contributed by atoms with E-state index in [4.69, 9.17) is 0 Å². The Bertz CT molecular complexity index is 348. The second kappa shape index (κ2) is 4.68. The lowest BCUT2D eigenvalue weighted by molar-refractivity contribution is -0.140. The molecular formula is C13H18O2S. The molecule has 1 heterocycles. The monoisotopic (exact) mass is 238 g/mol. The third kappa shape index (κ3) is 2.53. The summed E-state index contributed by atoms with van der Waals surface area (Å²) in [6.45, 7) is 2.18. The second-order valence-electron chi connectivity index (χ2n) is 4.95. The van der Waals surface area contributed by atoms with Crippen molar-refractivity contribution in [3.63, 3.8) is 0 Å². The summed E-state index contributed by atoms with van der Waals surface area (Å²) < 4.78 is 0. The average Bonchev–Trinajstić information content (AvgIpc) is 2.75. The van der Waals surface area contributed by atoms with Gasteiger partial charge in [0.1, 0.15) is 5.60 Å². The maximum atomic E-state index is 12.0. The van der Waals surface area contributed by atoms with Gasteiger partial charge in [-0.15, -0.1) is 0 Å². The van der Waals surface area contributed by atoms with E-state index in [-0.39, 0.29) is 5.78 Å². The van der Waals surface area contributed by atoms with E-state index in [0.29, 0.717) is 25.2 Å². The lowest BCUT2D eigenvalue weighted by atomic mass is 9.76. The molecule has 0 bridgehead atoms. The average molecular weight is 238 g/mol. The minimum atomic E-state index is -1.05. The highest BCUT2D eigenvalue weighted by Crippen LogP contribution is 2.33. The van der Waals surface area contributed by atoms with Gasteiger partial charge in [-0.05, 0) is 54.0 Å². The Labute approximate surface area is 100 Å². The quantitative estimate of drug-likeness (QED) is 0.879. The van der Waals surface area contributed by atoms with Gasteiger partial charge in [-0.2, -0.15) is 11.3 Å². The zero-order valence-electron chi connectivity index (χ0n) is 9.61. The first-order chi connectivity index (χ1) is 7.60. The normalized spacial score (nSPS) is 30.2. The van der Waals surface area contributed by atoms with Crippen molar-refractivity contribution in [3.8, 4) is 0 Å². The van der Waals surface area contributed by atoms with Crippen LogP contribution in [0.2, 0.25) is 0 Å². The van der Waals surface area contributed by atoms with Crippen LogP contribution in [0.25, 0.3) is 0 Å². The van der Waals surface area contributed by atoms with Crippen molar-refractivity contribution in [2.75, 3.05) is 0 Å². The van der Waals surface area contributed by atoms with E-state index in [2.05, 4.69) is 6.92 Å². The van der Waals surface area contributed by atoms with E-state index in [0.717, 1.165) is 18.4 Å². The highest BCUT2D eigenvalue weighted by atomic mass is 32.1. The van der Waals surface area contributed by atoms with Gasteiger partial charge in [0.2, 0.25) is 0 Å². The summed E-state index contributed by atoms with van der Waals surface area (Å²) in [5.74, 6) is 0.645. The summed E-state index contributed by atoms with van der Waals surface area (Å²) in [7, 11) is 0. The first-order valence-electron chi connectivity index (χ1n) is 5.87. The second-order valence-corrected chi connectivity index (χ2v) is 5.73. The zero-order chi connectivity index (χ0) is 11.6. The van der Waals surface area contributed by atoms with Crippen molar-refractivity contribution in [1.29, 1.82) is 0 Å². The predicted molar refractivity (Wildman–Crippen MR) is 65.6 cm³/mol. The summed E-state index contributed by atoms with van der Waals surface area (Å²) in [4.78, 5) is 12.0. The van der Waals surface area contributed by atoms with Crippen LogP contribution < -0.4 is 0 Å². The molecule has 0 spiro atoms. The zero-order valence-corrected chi connectivity index (χ0v) is 10.4. The van der Waals surface area contributed by atoms with Gasteiger partial charge in [0.25, 0.3) is 0 Å². The van der Waals surface area contributed by atoms with Crippen LogP contribution in [0.4, 0.5) is 0 Å². The Morgan fingerprint density at radius 1 is 1.56 bits per heavy atom. The van der Waals surface area contributed by atoms with E-state index >= 15 is 0 Å².